The highest BCUT2D eigenvalue weighted by atomic mass is 31.0. The molecule has 10 unspecified atom stereocenters. The quantitative estimate of drug-likeness (QED) is 0.166. The van der Waals surface area contributed by atoms with Gasteiger partial charge in [-0.15, -0.1) is 18.5 Å². The van der Waals surface area contributed by atoms with Gasteiger partial charge in [0, 0.05) is 0 Å². The highest BCUT2D eigenvalue weighted by molar-refractivity contribution is 7.16. The fourth-order valence-corrected chi connectivity index (χ4v) is 14.0. The number of hydrogen-bond donors (Lipinski definition) is 0. The minimum Gasteiger partial charge on any atom is -0.325 e. The largest absolute Gasteiger partial charge is 0.443 e. The van der Waals surface area contributed by atoms with Crippen molar-refractivity contribution in [3.05, 3.63) is 29.3 Å². The van der Waals surface area contributed by atoms with Crippen LogP contribution in [0.25, 0.3) is 0 Å². The van der Waals surface area contributed by atoms with Gasteiger partial charge in [0.15, 0.2) is 22.4 Å². The lowest BCUT2D eigenvalue weighted by Crippen LogP contribution is -2.95. The number of hydrogen-bond acceptors (Lipinski definition) is 6. The summed E-state index contributed by atoms with van der Waals surface area (Å²) in [7, 11) is -1.49. The van der Waals surface area contributed by atoms with Crippen molar-refractivity contribution in [3.8, 4) is 0 Å². The lowest BCUT2D eigenvalue weighted by Gasteiger charge is -2.77. The summed E-state index contributed by atoms with van der Waals surface area (Å²) in [5.41, 5.74) is -38.5. The summed E-state index contributed by atoms with van der Waals surface area (Å²) in [6, 6.07) is 0.217. The van der Waals surface area contributed by atoms with E-state index in [-0.39, 0.29) is 12.1 Å². The molecule has 1 aromatic carbocycles. The Morgan fingerprint density at radius 1 is 0.394 bits per heavy atom. The second-order valence-corrected chi connectivity index (χ2v) is 23.7. The Labute approximate surface area is 358 Å². The molecular weight excluding hydrogens is 1040 g/mol. The van der Waals surface area contributed by atoms with Gasteiger partial charge in [-0.2, -0.15) is 105 Å². The third-order valence-corrected chi connectivity index (χ3v) is 16.9. The maximum absolute atomic E-state index is 16.3. The van der Waals surface area contributed by atoms with Gasteiger partial charge in [0.1, 0.15) is 0 Å². The summed E-state index contributed by atoms with van der Waals surface area (Å²) in [5, 5.41) is -0.664. The molecule has 0 aliphatic carbocycles. The van der Waals surface area contributed by atoms with Crippen LogP contribution in [0, 0.1) is 0 Å². The van der Waals surface area contributed by atoms with Crippen molar-refractivity contribution in [2.24, 2.45) is 0 Å². The van der Waals surface area contributed by atoms with Crippen molar-refractivity contribution in [2.45, 2.75) is 151 Å². The van der Waals surface area contributed by atoms with E-state index in [2.05, 4.69) is 28.4 Å². The lowest BCUT2D eigenvalue weighted by atomic mass is 9.44. The summed E-state index contributed by atoms with van der Waals surface area (Å²) < 4.78 is 401. The molecule has 66 heavy (non-hydrogen) atoms. The van der Waals surface area contributed by atoms with Gasteiger partial charge in [0.25, 0.3) is 23.1 Å². The molecule has 0 spiro atoms. The molecule has 0 amide bonds. The summed E-state index contributed by atoms with van der Waals surface area (Å²) >= 11 is 0. The first-order valence-electron chi connectivity index (χ1n) is 18.3. The van der Waals surface area contributed by atoms with E-state index >= 15 is 105 Å². The third-order valence-electron chi connectivity index (χ3n) is 13.7. The van der Waals surface area contributed by atoms with Crippen molar-refractivity contribution in [1.82, 2.24) is 0 Å². The minimum atomic E-state index is -7.13. The Kier molecular flexibility index (Phi) is 10.5. The fraction of sp³-hybridized carbons (Fsp3) is 0.818. The normalized spacial score (nSPS) is 42.1. The van der Waals surface area contributed by atoms with Gasteiger partial charge >= 0.3 is 49.4 Å². The van der Waals surface area contributed by atoms with Crippen LogP contribution in [0.3, 0.4) is 0 Å². The van der Waals surface area contributed by atoms with E-state index in [1.165, 1.54) is 0 Å². The smallest absolute Gasteiger partial charge is 0.325 e. The Hall–Kier alpha value is -1.62. The predicted molar refractivity (Wildman–Crippen MR) is 177 cm³/mol. The lowest BCUT2D eigenvalue weighted by molar-refractivity contribution is -0.643. The van der Waals surface area contributed by atoms with Gasteiger partial charge < -0.3 is 28.4 Å². The van der Waals surface area contributed by atoms with Crippen molar-refractivity contribution in [3.63, 3.8) is 0 Å². The third kappa shape index (κ3) is 5.68. The minimum absolute atomic E-state index is 0.0419. The standard InChI is InChI=1S/C33H28F24O6P2Si/c1-66(2,3)13-4-5-14(16(11-64)18(26(34,35)36)7-22(30(46,47)48)59-19(16,27(37,38)39)8-23(58-18,62-22)31(49,50)51)15(6-13)17(12-65)20(28(40,41)42)9-24(32(52,53)54)61-21(17,29(43,44)45)10-25(60-20,63-24)33(55,56)57/h4-6H,7-12,64-65H2,1-3H3. The molecule has 0 aromatic heterocycles. The van der Waals surface area contributed by atoms with E-state index in [4.69, 9.17) is 0 Å². The SMILES string of the molecule is C[Si](C)(C)c1ccc(C2(CP)C3(C(F)(F)F)CC4(C(F)(F)F)OC(C(F)(F)F)(CC2(C(F)(F)F)O4)O3)c(C2(CP)C3(C(F)(F)F)CC4(C(F)(F)F)OC(C(F)(F)F)(CC2(C(F)(F)F)O4)O3)c1. The van der Waals surface area contributed by atoms with Crippen LogP contribution < -0.4 is 5.19 Å². The topological polar surface area (TPSA) is 55.4 Å². The van der Waals surface area contributed by atoms with Crippen LogP contribution in [-0.4, -0.2) is 115 Å². The molecule has 8 bridgehead atoms. The van der Waals surface area contributed by atoms with Crippen molar-refractivity contribution >= 4 is 31.7 Å². The van der Waals surface area contributed by atoms with E-state index in [9.17, 15) is 0 Å². The fourth-order valence-electron chi connectivity index (χ4n) is 11.0. The molecule has 8 fully saturated rings. The molecule has 33 heteroatoms. The summed E-state index contributed by atoms with van der Waals surface area (Å²) in [5.74, 6) is -22.8. The van der Waals surface area contributed by atoms with Crippen LogP contribution in [0.15, 0.2) is 18.2 Å². The molecule has 8 saturated heterocycles. The monoisotopic (exact) mass is 1070 g/mol. The second-order valence-electron chi connectivity index (χ2n) is 17.9. The molecule has 8 aliphatic heterocycles. The molecule has 378 valence electrons. The Morgan fingerprint density at radius 2 is 0.636 bits per heavy atom. The van der Waals surface area contributed by atoms with Crippen LogP contribution in [-0.2, 0) is 39.3 Å². The summed E-state index contributed by atoms with van der Waals surface area (Å²) in [6.07, 6.45) is -74.4. The average molecular weight is 1070 g/mol. The van der Waals surface area contributed by atoms with Gasteiger partial charge in [-0.1, -0.05) is 43.0 Å². The number of ether oxygens (including phenoxy) is 6. The molecule has 0 saturated carbocycles. The molecule has 0 N–H and O–H groups in total. The summed E-state index contributed by atoms with van der Waals surface area (Å²) in [6.45, 7) is 3.46. The number of rotatable bonds is 5. The maximum atomic E-state index is 16.3. The van der Waals surface area contributed by atoms with E-state index in [1.807, 2.05) is 0 Å². The maximum Gasteiger partial charge on any atom is 0.443 e. The van der Waals surface area contributed by atoms with Crippen LogP contribution in [0.4, 0.5) is 105 Å². The Balaban J connectivity index is 1.79. The van der Waals surface area contributed by atoms with Crippen molar-refractivity contribution in [2.75, 3.05) is 12.3 Å². The molecule has 6 nitrogen and oxygen atoms in total. The average Bonchev–Trinajstić information content (AvgIpc) is 3.07. The summed E-state index contributed by atoms with van der Waals surface area (Å²) in [4.78, 5) is 0. The molecule has 8 heterocycles. The molecule has 0 radical (unpaired) electrons. The van der Waals surface area contributed by atoms with Crippen molar-refractivity contribution in [1.29, 1.82) is 0 Å². The van der Waals surface area contributed by atoms with E-state index in [1.54, 1.807) is 0 Å². The van der Waals surface area contributed by atoms with Gasteiger partial charge in [-0.05, 0) is 23.5 Å². The Bertz CT molecular complexity index is 2030. The van der Waals surface area contributed by atoms with Crippen LogP contribution in [0.1, 0.15) is 36.8 Å². The van der Waals surface area contributed by atoms with Gasteiger partial charge in [0.2, 0.25) is 0 Å². The highest BCUT2D eigenvalue weighted by Gasteiger charge is 3.01. The first kappa shape index (κ1) is 52.2. The van der Waals surface area contributed by atoms with Crippen LogP contribution in [0.5, 0.6) is 0 Å². The zero-order valence-corrected chi connectivity index (χ0v) is 36.0. The van der Waals surface area contributed by atoms with E-state index < -0.39 is 168 Å². The van der Waals surface area contributed by atoms with E-state index in [0.29, 0.717) is 6.07 Å². The van der Waals surface area contributed by atoms with Gasteiger partial charge in [-0.3, -0.25) is 0 Å². The van der Waals surface area contributed by atoms with Crippen LogP contribution >= 0.6 is 18.5 Å². The molecule has 8 aliphatic rings. The van der Waals surface area contributed by atoms with Gasteiger partial charge in [0.05, 0.1) is 44.6 Å². The second kappa shape index (κ2) is 13.3. The highest BCUT2D eigenvalue weighted by Crippen LogP contribution is 2.82. The number of benzene rings is 1. The molecule has 1 aromatic rings. The van der Waals surface area contributed by atoms with Crippen molar-refractivity contribution < 1.29 is 134 Å². The zero-order chi connectivity index (χ0) is 50.8. The molecule has 9 rings (SSSR count). The number of halogens is 24. The van der Waals surface area contributed by atoms with Gasteiger partial charge in [-0.25, -0.2) is 0 Å². The number of alkyl halides is 24. The zero-order valence-electron chi connectivity index (χ0n) is 32.7. The predicted octanol–water partition coefficient (Wildman–Crippen LogP) is 10.4. The molecular formula is C33H28F24O6P2Si. The Morgan fingerprint density at radius 3 is 0.833 bits per heavy atom. The first-order valence-corrected chi connectivity index (χ1v) is 23.5. The first-order chi connectivity index (χ1) is 29.0. The van der Waals surface area contributed by atoms with Crippen LogP contribution in [0.2, 0.25) is 19.6 Å². The van der Waals surface area contributed by atoms with E-state index in [0.717, 1.165) is 38.1 Å². The molecule has 10 atom stereocenters.